The Labute approximate surface area is 177 Å². The van der Waals surface area contributed by atoms with E-state index in [-0.39, 0.29) is 24.5 Å². The Morgan fingerprint density at radius 1 is 1.07 bits per heavy atom. The van der Waals surface area contributed by atoms with Crippen LogP contribution in [-0.4, -0.2) is 47.9 Å². The molecule has 1 unspecified atom stereocenters. The van der Waals surface area contributed by atoms with Crippen molar-refractivity contribution in [2.45, 2.75) is 26.5 Å². The number of nitrogens with zero attached hydrogens (tertiary/aromatic N) is 4. The van der Waals surface area contributed by atoms with E-state index in [0.717, 1.165) is 5.56 Å². The van der Waals surface area contributed by atoms with E-state index in [4.69, 9.17) is 4.74 Å². The molecule has 0 bridgehead atoms. The van der Waals surface area contributed by atoms with E-state index < -0.39 is 0 Å². The van der Waals surface area contributed by atoms with E-state index in [1.165, 1.54) is 0 Å². The second-order valence-electron chi connectivity index (χ2n) is 7.73. The molecule has 2 aromatic rings. The molecule has 3 rings (SSSR count). The van der Waals surface area contributed by atoms with Gasteiger partial charge in [-0.1, -0.05) is 38.1 Å². The molecule has 0 aliphatic carbocycles. The normalized spacial score (nSPS) is 15.3. The molecular weight excluding hydrogens is 376 g/mol. The van der Waals surface area contributed by atoms with Crippen LogP contribution in [-0.2, 0) is 6.61 Å². The van der Waals surface area contributed by atoms with Crippen LogP contribution in [0.5, 0.6) is 5.75 Å². The van der Waals surface area contributed by atoms with Crippen molar-refractivity contribution in [3.63, 3.8) is 0 Å². The molecule has 0 N–H and O–H groups in total. The van der Waals surface area contributed by atoms with E-state index in [1.54, 1.807) is 24.3 Å². The molecule has 6 heteroatoms. The average Bonchev–Trinajstić information content (AvgIpc) is 2.78. The van der Waals surface area contributed by atoms with Crippen molar-refractivity contribution in [2.24, 2.45) is 5.92 Å². The van der Waals surface area contributed by atoms with Crippen LogP contribution >= 0.6 is 0 Å². The molecule has 1 atom stereocenters. The van der Waals surface area contributed by atoms with E-state index in [2.05, 4.69) is 17.0 Å². The number of rotatable bonds is 6. The quantitative estimate of drug-likeness (QED) is 0.739. The minimum Gasteiger partial charge on any atom is -0.489 e. The second-order valence-corrected chi connectivity index (χ2v) is 7.73. The summed E-state index contributed by atoms with van der Waals surface area (Å²) < 4.78 is 5.84. The summed E-state index contributed by atoms with van der Waals surface area (Å²) in [5, 5.41) is 18.6. The third-order valence-electron chi connectivity index (χ3n) is 5.37. The SMILES string of the molecule is CC(C)C(C#N)N1CCN(C(=O)c2cccc(OCc3ccccc3C#N)c2)CC1. The largest absolute Gasteiger partial charge is 0.489 e. The first kappa shape index (κ1) is 21.4. The maximum Gasteiger partial charge on any atom is 0.254 e. The summed E-state index contributed by atoms with van der Waals surface area (Å²) in [4.78, 5) is 16.9. The Bertz CT molecular complexity index is 966. The van der Waals surface area contributed by atoms with Crippen LogP contribution in [0.15, 0.2) is 48.5 Å². The predicted octanol–water partition coefficient (Wildman–Crippen LogP) is 3.44. The van der Waals surface area contributed by atoms with Gasteiger partial charge in [-0.3, -0.25) is 9.69 Å². The Balaban J connectivity index is 1.61. The van der Waals surface area contributed by atoms with Crippen LogP contribution in [0.25, 0.3) is 0 Å². The third kappa shape index (κ3) is 4.97. The lowest BCUT2D eigenvalue weighted by molar-refractivity contribution is 0.0576. The summed E-state index contributed by atoms with van der Waals surface area (Å²) >= 11 is 0. The number of benzene rings is 2. The molecule has 1 heterocycles. The molecule has 0 saturated carbocycles. The van der Waals surface area contributed by atoms with Gasteiger partial charge in [0.1, 0.15) is 18.4 Å². The third-order valence-corrected chi connectivity index (χ3v) is 5.37. The zero-order chi connectivity index (χ0) is 21.5. The van der Waals surface area contributed by atoms with Crippen LogP contribution < -0.4 is 4.74 Å². The molecular formula is C24H26N4O2. The molecule has 1 amide bonds. The van der Waals surface area contributed by atoms with Crippen LogP contribution in [0.1, 0.15) is 35.3 Å². The lowest BCUT2D eigenvalue weighted by Gasteiger charge is -2.38. The predicted molar refractivity (Wildman–Crippen MR) is 114 cm³/mol. The molecule has 2 aromatic carbocycles. The van der Waals surface area contributed by atoms with Gasteiger partial charge in [0.25, 0.3) is 5.91 Å². The number of hydrogen-bond acceptors (Lipinski definition) is 5. The van der Waals surface area contributed by atoms with Crippen molar-refractivity contribution >= 4 is 5.91 Å². The van der Waals surface area contributed by atoms with E-state index in [9.17, 15) is 15.3 Å². The summed E-state index contributed by atoms with van der Waals surface area (Å²) in [6.07, 6.45) is 0. The zero-order valence-corrected chi connectivity index (χ0v) is 17.4. The number of nitriles is 2. The number of amides is 1. The number of hydrogen-bond donors (Lipinski definition) is 0. The summed E-state index contributed by atoms with van der Waals surface area (Å²) in [5.74, 6) is 0.824. The maximum atomic E-state index is 13.0. The Hall–Kier alpha value is -3.35. The summed E-state index contributed by atoms with van der Waals surface area (Å²) in [6.45, 7) is 6.96. The van der Waals surface area contributed by atoms with Crippen molar-refractivity contribution < 1.29 is 9.53 Å². The van der Waals surface area contributed by atoms with E-state index in [1.807, 2.05) is 43.0 Å². The van der Waals surface area contributed by atoms with Crippen molar-refractivity contribution in [1.82, 2.24) is 9.80 Å². The van der Waals surface area contributed by atoms with Gasteiger partial charge in [0.15, 0.2) is 0 Å². The fourth-order valence-corrected chi connectivity index (χ4v) is 3.67. The van der Waals surface area contributed by atoms with Crippen LogP contribution in [0.2, 0.25) is 0 Å². The number of carbonyl (C=O) groups excluding carboxylic acids is 1. The molecule has 30 heavy (non-hydrogen) atoms. The monoisotopic (exact) mass is 402 g/mol. The smallest absolute Gasteiger partial charge is 0.254 e. The molecule has 1 fully saturated rings. The van der Waals surface area contributed by atoms with Crippen molar-refractivity contribution in [2.75, 3.05) is 26.2 Å². The van der Waals surface area contributed by atoms with Crippen molar-refractivity contribution in [3.05, 3.63) is 65.2 Å². The number of carbonyl (C=O) groups is 1. The fraction of sp³-hybridized carbons (Fsp3) is 0.375. The van der Waals surface area contributed by atoms with Gasteiger partial charge in [0.05, 0.1) is 17.7 Å². The highest BCUT2D eigenvalue weighted by Gasteiger charge is 2.28. The zero-order valence-electron chi connectivity index (χ0n) is 17.4. The molecule has 0 aromatic heterocycles. The summed E-state index contributed by atoms with van der Waals surface area (Å²) in [6, 6.07) is 18.9. The second kappa shape index (κ2) is 9.91. The Morgan fingerprint density at radius 3 is 2.47 bits per heavy atom. The lowest BCUT2D eigenvalue weighted by Crippen LogP contribution is -2.52. The lowest BCUT2D eigenvalue weighted by atomic mass is 10.0. The van der Waals surface area contributed by atoms with Gasteiger partial charge in [0, 0.05) is 37.3 Å². The first-order valence-electron chi connectivity index (χ1n) is 10.2. The fourth-order valence-electron chi connectivity index (χ4n) is 3.67. The topological polar surface area (TPSA) is 80.4 Å². The first-order chi connectivity index (χ1) is 14.5. The minimum absolute atomic E-state index is 0.0319. The highest BCUT2D eigenvalue weighted by atomic mass is 16.5. The Morgan fingerprint density at radius 2 is 1.80 bits per heavy atom. The highest BCUT2D eigenvalue weighted by molar-refractivity contribution is 5.94. The van der Waals surface area contributed by atoms with Crippen molar-refractivity contribution in [1.29, 1.82) is 10.5 Å². The number of ether oxygens (including phenoxy) is 1. The van der Waals surface area contributed by atoms with Gasteiger partial charge in [-0.05, 0) is 30.2 Å². The molecule has 1 aliphatic heterocycles. The molecule has 6 nitrogen and oxygen atoms in total. The van der Waals surface area contributed by atoms with Gasteiger partial charge in [-0.15, -0.1) is 0 Å². The van der Waals surface area contributed by atoms with Crippen LogP contribution in [0.4, 0.5) is 0 Å². The van der Waals surface area contributed by atoms with Crippen molar-refractivity contribution in [3.8, 4) is 17.9 Å². The summed E-state index contributed by atoms with van der Waals surface area (Å²) in [5.41, 5.74) is 1.97. The molecule has 1 saturated heterocycles. The van der Waals surface area contributed by atoms with Gasteiger partial charge in [-0.25, -0.2) is 0 Å². The minimum atomic E-state index is -0.115. The van der Waals surface area contributed by atoms with Gasteiger partial charge >= 0.3 is 0 Å². The standard InChI is InChI=1S/C24H26N4O2/c1-18(2)23(16-26)27-10-12-28(13-11-27)24(29)19-8-5-9-22(14-19)30-17-21-7-4-3-6-20(21)15-25/h3-9,14,18,23H,10-13,17H2,1-2H3. The molecule has 154 valence electrons. The van der Waals surface area contributed by atoms with Crippen LogP contribution in [0, 0.1) is 28.6 Å². The van der Waals surface area contributed by atoms with E-state index in [0.29, 0.717) is 43.1 Å². The van der Waals surface area contributed by atoms with Gasteiger partial charge in [0.2, 0.25) is 0 Å². The average molecular weight is 402 g/mol. The van der Waals surface area contributed by atoms with Gasteiger partial charge in [-0.2, -0.15) is 10.5 Å². The molecule has 0 spiro atoms. The number of piperazine rings is 1. The maximum absolute atomic E-state index is 13.0. The summed E-state index contributed by atoms with van der Waals surface area (Å²) in [7, 11) is 0. The van der Waals surface area contributed by atoms with Crippen LogP contribution in [0.3, 0.4) is 0 Å². The first-order valence-corrected chi connectivity index (χ1v) is 10.2. The van der Waals surface area contributed by atoms with E-state index >= 15 is 0 Å². The highest BCUT2D eigenvalue weighted by Crippen LogP contribution is 2.19. The Kier molecular flexibility index (Phi) is 7.06. The molecule has 1 aliphatic rings. The molecule has 0 radical (unpaired) electrons. The van der Waals surface area contributed by atoms with Gasteiger partial charge < -0.3 is 9.64 Å².